The molecule has 3 heteroatoms. The van der Waals surface area contributed by atoms with E-state index in [1.165, 1.54) is 0 Å². The summed E-state index contributed by atoms with van der Waals surface area (Å²) in [4.78, 5) is 0. The monoisotopic (exact) mass is 199 g/mol. The number of halogens is 2. The molecule has 1 aromatic rings. The molecule has 0 amide bonds. The molecule has 0 radical (unpaired) electrons. The lowest BCUT2D eigenvalue weighted by atomic mass is 10.1. The lowest BCUT2D eigenvalue weighted by molar-refractivity contribution is 0.145. The van der Waals surface area contributed by atoms with Gasteiger partial charge in [-0.3, -0.25) is 0 Å². The maximum absolute atomic E-state index is 11.9. The molecule has 1 N–H and O–H groups in total. The van der Waals surface area contributed by atoms with Gasteiger partial charge in [0.15, 0.2) is 0 Å². The molecule has 0 aliphatic heterocycles. The first-order valence-corrected chi connectivity index (χ1v) is 4.64. The smallest absolute Gasteiger partial charge is 0.250 e. The van der Waals surface area contributed by atoms with Gasteiger partial charge in [-0.15, -0.1) is 0 Å². The van der Waals surface area contributed by atoms with Gasteiger partial charge in [-0.2, -0.15) is 0 Å². The third kappa shape index (κ3) is 3.42. The Morgan fingerprint density at radius 1 is 1.29 bits per heavy atom. The summed E-state index contributed by atoms with van der Waals surface area (Å²) in [7, 11) is 0. The molecule has 14 heavy (non-hydrogen) atoms. The van der Waals surface area contributed by atoms with Crippen molar-refractivity contribution in [1.82, 2.24) is 5.32 Å². The van der Waals surface area contributed by atoms with Crippen LogP contribution in [0.5, 0.6) is 0 Å². The highest BCUT2D eigenvalue weighted by atomic mass is 19.3. The lowest BCUT2D eigenvalue weighted by Crippen LogP contribution is -2.21. The van der Waals surface area contributed by atoms with Gasteiger partial charge < -0.3 is 5.32 Å². The first-order chi connectivity index (χ1) is 6.59. The van der Waals surface area contributed by atoms with Gasteiger partial charge in [0.1, 0.15) is 0 Å². The minimum atomic E-state index is -2.28. The van der Waals surface area contributed by atoms with Crippen LogP contribution in [0.15, 0.2) is 18.2 Å². The summed E-state index contributed by atoms with van der Waals surface area (Å²) in [5, 5.41) is 2.72. The number of hydrogen-bond acceptors (Lipinski definition) is 1. The molecule has 0 unspecified atom stereocenters. The van der Waals surface area contributed by atoms with Crippen LogP contribution >= 0.6 is 0 Å². The van der Waals surface area contributed by atoms with E-state index >= 15 is 0 Å². The molecule has 1 nitrogen and oxygen atoms in total. The van der Waals surface area contributed by atoms with Gasteiger partial charge >= 0.3 is 0 Å². The van der Waals surface area contributed by atoms with Crippen molar-refractivity contribution in [1.29, 1.82) is 0 Å². The molecule has 0 aliphatic rings. The van der Waals surface area contributed by atoms with E-state index in [-0.39, 0.29) is 6.54 Å². The van der Waals surface area contributed by atoms with Crippen LogP contribution in [-0.4, -0.2) is 13.0 Å². The van der Waals surface area contributed by atoms with Crippen molar-refractivity contribution >= 4 is 0 Å². The number of hydrogen-bond donors (Lipinski definition) is 1. The molecule has 0 spiro atoms. The van der Waals surface area contributed by atoms with E-state index in [2.05, 4.69) is 5.32 Å². The highest BCUT2D eigenvalue weighted by Crippen LogP contribution is 2.10. The van der Waals surface area contributed by atoms with Crippen LogP contribution in [-0.2, 0) is 6.54 Å². The van der Waals surface area contributed by atoms with Gasteiger partial charge in [0, 0.05) is 6.54 Å². The average molecular weight is 199 g/mol. The third-order valence-corrected chi connectivity index (χ3v) is 2.12. The molecule has 0 aromatic heterocycles. The number of rotatable bonds is 4. The van der Waals surface area contributed by atoms with Crippen LogP contribution in [0.25, 0.3) is 0 Å². The molecule has 0 saturated heterocycles. The summed E-state index contributed by atoms with van der Waals surface area (Å²) >= 11 is 0. The van der Waals surface area contributed by atoms with E-state index in [0.717, 1.165) is 16.7 Å². The Morgan fingerprint density at radius 2 is 2.00 bits per heavy atom. The Labute approximate surface area is 83.1 Å². The second-order valence-electron chi connectivity index (χ2n) is 3.45. The lowest BCUT2D eigenvalue weighted by Gasteiger charge is -2.08. The van der Waals surface area contributed by atoms with Crippen LogP contribution in [0, 0.1) is 13.8 Å². The normalized spacial score (nSPS) is 10.9. The summed E-state index contributed by atoms with van der Waals surface area (Å²) in [5.74, 6) is 0. The Bertz CT molecular complexity index is 297. The molecule has 0 heterocycles. The first kappa shape index (κ1) is 11.1. The zero-order valence-corrected chi connectivity index (χ0v) is 8.48. The maximum Gasteiger partial charge on any atom is 0.250 e. The van der Waals surface area contributed by atoms with E-state index in [1.54, 1.807) is 0 Å². The van der Waals surface area contributed by atoms with Crippen molar-refractivity contribution in [3.05, 3.63) is 34.9 Å². The molecule has 0 fully saturated rings. The number of nitrogens with one attached hydrogen (secondary N) is 1. The molecule has 0 bridgehead atoms. The van der Waals surface area contributed by atoms with Gasteiger partial charge in [-0.25, -0.2) is 8.78 Å². The van der Waals surface area contributed by atoms with E-state index in [9.17, 15) is 8.78 Å². The second-order valence-corrected chi connectivity index (χ2v) is 3.45. The molecular formula is C11H15F2N. The fourth-order valence-corrected chi connectivity index (χ4v) is 1.31. The summed E-state index contributed by atoms with van der Waals surface area (Å²) in [6.45, 7) is 4.25. The van der Waals surface area contributed by atoms with Gasteiger partial charge in [0.05, 0.1) is 6.54 Å². The van der Waals surface area contributed by atoms with Crippen molar-refractivity contribution in [3.8, 4) is 0 Å². The largest absolute Gasteiger partial charge is 0.307 e. The van der Waals surface area contributed by atoms with E-state index in [1.807, 2.05) is 32.0 Å². The Hall–Kier alpha value is -0.960. The van der Waals surface area contributed by atoms with Crippen LogP contribution < -0.4 is 5.32 Å². The second kappa shape index (κ2) is 5.05. The predicted molar refractivity (Wildman–Crippen MR) is 53.6 cm³/mol. The summed E-state index contributed by atoms with van der Waals surface area (Å²) < 4.78 is 23.7. The minimum Gasteiger partial charge on any atom is -0.307 e. The van der Waals surface area contributed by atoms with Crippen molar-refractivity contribution in [2.45, 2.75) is 26.8 Å². The van der Waals surface area contributed by atoms with Gasteiger partial charge in [0.25, 0.3) is 6.43 Å². The van der Waals surface area contributed by atoms with Crippen molar-refractivity contribution in [2.75, 3.05) is 6.54 Å². The Kier molecular flexibility index (Phi) is 4.01. The molecule has 0 atom stereocenters. The zero-order valence-electron chi connectivity index (χ0n) is 8.48. The van der Waals surface area contributed by atoms with Gasteiger partial charge in [-0.05, 0) is 25.0 Å². The highest BCUT2D eigenvalue weighted by Gasteiger charge is 2.02. The van der Waals surface area contributed by atoms with E-state index in [0.29, 0.717) is 6.54 Å². The van der Waals surface area contributed by atoms with Crippen LogP contribution in [0.1, 0.15) is 16.7 Å². The summed E-state index contributed by atoms with van der Waals surface area (Å²) in [5.41, 5.74) is 3.38. The third-order valence-electron chi connectivity index (χ3n) is 2.12. The van der Waals surface area contributed by atoms with Crippen LogP contribution in [0.3, 0.4) is 0 Å². The molecule has 0 saturated carbocycles. The van der Waals surface area contributed by atoms with Crippen molar-refractivity contribution in [2.24, 2.45) is 0 Å². The predicted octanol–water partition coefficient (Wildman–Crippen LogP) is 2.66. The zero-order chi connectivity index (χ0) is 10.6. The van der Waals surface area contributed by atoms with Crippen LogP contribution in [0.2, 0.25) is 0 Å². The topological polar surface area (TPSA) is 12.0 Å². The molecule has 0 aliphatic carbocycles. The number of alkyl halides is 2. The van der Waals surface area contributed by atoms with E-state index in [4.69, 9.17) is 0 Å². The standard InChI is InChI=1S/C11H15F2N/c1-8-3-4-9(2)10(5-8)6-14-7-11(12)13/h3-5,11,14H,6-7H2,1-2H3. The molecule has 1 rings (SSSR count). The molecular weight excluding hydrogens is 184 g/mol. The Balaban J connectivity index is 2.53. The number of aryl methyl sites for hydroxylation is 2. The van der Waals surface area contributed by atoms with E-state index < -0.39 is 6.43 Å². The summed E-state index contributed by atoms with van der Waals surface area (Å²) in [6.07, 6.45) is -2.28. The number of benzene rings is 1. The first-order valence-electron chi connectivity index (χ1n) is 4.64. The van der Waals surface area contributed by atoms with Crippen LogP contribution in [0.4, 0.5) is 8.78 Å². The fraction of sp³-hybridized carbons (Fsp3) is 0.455. The highest BCUT2D eigenvalue weighted by molar-refractivity contribution is 5.30. The summed E-state index contributed by atoms with van der Waals surface area (Å²) in [6, 6.07) is 6.05. The van der Waals surface area contributed by atoms with Gasteiger partial charge in [0.2, 0.25) is 0 Å². The fourth-order valence-electron chi connectivity index (χ4n) is 1.31. The molecule has 1 aromatic carbocycles. The van der Waals surface area contributed by atoms with Crippen molar-refractivity contribution < 1.29 is 8.78 Å². The minimum absolute atomic E-state index is 0.243. The average Bonchev–Trinajstić information content (AvgIpc) is 2.10. The quantitative estimate of drug-likeness (QED) is 0.786. The van der Waals surface area contributed by atoms with Gasteiger partial charge in [-0.1, -0.05) is 23.8 Å². The Morgan fingerprint density at radius 3 is 2.64 bits per heavy atom. The van der Waals surface area contributed by atoms with Crippen molar-refractivity contribution in [3.63, 3.8) is 0 Å². The maximum atomic E-state index is 11.9. The SMILES string of the molecule is Cc1ccc(C)c(CNCC(F)F)c1. The molecule has 78 valence electrons.